The van der Waals surface area contributed by atoms with E-state index in [1.54, 1.807) is 12.1 Å². The molecule has 0 spiro atoms. The number of benzene rings is 1. The van der Waals surface area contributed by atoms with Gasteiger partial charge in [-0.1, -0.05) is 5.16 Å². The number of non-ortho nitro benzene ring substituents is 1. The average Bonchev–Trinajstić information content (AvgIpc) is 3.12. The topological polar surface area (TPSA) is 107 Å². The van der Waals surface area contributed by atoms with Gasteiger partial charge in [0.15, 0.2) is 11.6 Å². The number of nitro groups is 1. The van der Waals surface area contributed by atoms with E-state index in [4.69, 9.17) is 8.94 Å². The summed E-state index contributed by atoms with van der Waals surface area (Å²) in [6.45, 7) is 2.01. The Kier molecular flexibility index (Phi) is 3.60. The van der Waals surface area contributed by atoms with Gasteiger partial charge in [-0.3, -0.25) is 10.1 Å². The van der Waals surface area contributed by atoms with Crippen LogP contribution in [0.15, 0.2) is 33.2 Å². The largest absolute Gasteiger partial charge is 0.451 e. The maximum absolute atomic E-state index is 10.8. The molecular formula is C14H14N4O4. The zero-order chi connectivity index (χ0) is 15.7. The number of fused-ring (bicyclic) bond motifs is 1. The van der Waals surface area contributed by atoms with Crippen LogP contribution in [0.3, 0.4) is 0 Å². The predicted molar refractivity (Wildman–Crippen MR) is 78.4 cm³/mol. The third kappa shape index (κ3) is 2.68. The van der Waals surface area contributed by atoms with Gasteiger partial charge in [0.25, 0.3) is 11.6 Å². The fraction of sp³-hybridized carbons (Fsp3) is 0.286. The van der Waals surface area contributed by atoms with Crippen LogP contribution >= 0.6 is 0 Å². The van der Waals surface area contributed by atoms with E-state index in [-0.39, 0.29) is 17.6 Å². The molecule has 0 fully saturated rings. The highest BCUT2D eigenvalue weighted by Crippen LogP contribution is 2.29. The summed E-state index contributed by atoms with van der Waals surface area (Å²) < 4.78 is 10.8. The van der Waals surface area contributed by atoms with Crippen molar-refractivity contribution in [2.75, 3.05) is 7.05 Å². The lowest BCUT2D eigenvalue weighted by Crippen LogP contribution is -2.24. The molecule has 1 atom stereocenters. The number of likely N-dealkylation sites (N-methyl/N-ethyl adjacent to an activating group) is 1. The van der Waals surface area contributed by atoms with Gasteiger partial charge < -0.3 is 14.3 Å². The molecule has 0 radical (unpaired) electrons. The molecule has 8 nitrogen and oxygen atoms in total. The van der Waals surface area contributed by atoms with Gasteiger partial charge in [-0.2, -0.15) is 4.98 Å². The number of nitro benzene ring substituents is 1. The summed E-state index contributed by atoms with van der Waals surface area (Å²) in [7, 11) is 1.86. The molecule has 0 aliphatic heterocycles. The Hall–Kier alpha value is -2.74. The summed E-state index contributed by atoms with van der Waals surface area (Å²) >= 11 is 0. The smallest absolute Gasteiger partial charge is 0.293 e. The standard InChI is InChI=1S/C14H14N4O4/c1-8(15-2)5-13-16-14(22-17-13)12-7-9-6-10(18(19)20)3-4-11(9)21-12/h3-4,6-8,15H,5H2,1-2H3. The Morgan fingerprint density at radius 1 is 1.41 bits per heavy atom. The van der Waals surface area contributed by atoms with E-state index in [0.717, 1.165) is 0 Å². The number of hydrogen-bond acceptors (Lipinski definition) is 7. The lowest BCUT2D eigenvalue weighted by atomic mass is 10.2. The first-order valence-electron chi connectivity index (χ1n) is 6.75. The molecule has 3 rings (SSSR count). The molecule has 0 saturated carbocycles. The van der Waals surface area contributed by atoms with Crippen LogP contribution in [0.5, 0.6) is 0 Å². The lowest BCUT2D eigenvalue weighted by molar-refractivity contribution is -0.384. The number of nitrogens with zero attached hydrogens (tertiary/aromatic N) is 3. The van der Waals surface area contributed by atoms with Crippen molar-refractivity contribution in [1.29, 1.82) is 0 Å². The van der Waals surface area contributed by atoms with Crippen LogP contribution in [0.1, 0.15) is 12.7 Å². The molecule has 2 heterocycles. The number of nitrogens with one attached hydrogen (secondary N) is 1. The average molecular weight is 302 g/mol. The van der Waals surface area contributed by atoms with Gasteiger partial charge in [-0.05, 0) is 26.1 Å². The summed E-state index contributed by atoms with van der Waals surface area (Å²) in [5.41, 5.74) is 0.540. The van der Waals surface area contributed by atoms with Crippen LogP contribution in [0, 0.1) is 10.1 Å². The molecule has 1 aromatic carbocycles. The Bertz CT molecular complexity index is 823. The molecule has 22 heavy (non-hydrogen) atoms. The van der Waals surface area contributed by atoms with Gasteiger partial charge in [0, 0.05) is 30.0 Å². The number of rotatable bonds is 5. The highest BCUT2D eigenvalue weighted by molar-refractivity contribution is 5.83. The number of furan rings is 1. The summed E-state index contributed by atoms with van der Waals surface area (Å²) in [5.74, 6) is 1.23. The van der Waals surface area contributed by atoms with Crippen LogP contribution < -0.4 is 5.32 Å². The first-order valence-corrected chi connectivity index (χ1v) is 6.75. The van der Waals surface area contributed by atoms with Gasteiger partial charge in [-0.15, -0.1) is 0 Å². The summed E-state index contributed by atoms with van der Waals surface area (Å²) in [6.07, 6.45) is 0.631. The number of aromatic nitrogens is 2. The predicted octanol–water partition coefficient (Wildman–Crippen LogP) is 2.54. The minimum atomic E-state index is -0.448. The fourth-order valence-electron chi connectivity index (χ4n) is 2.06. The Labute approximate surface area is 125 Å². The zero-order valence-electron chi connectivity index (χ0n) is 12.1. The molecule has 1 unspecified atom stereocenters. The second-order valence-corrected chi connectivity index (χ2v) is 5.00. The first-order chi connectivity index (χ1) is 10.6. The first kappa shape index (κ1) is 14.2. The van der Waals surface area contributed by atoms with Gasteiger partial charge in [0.2, 0.25) is 0 Å². The van der Waals surface area contributed by atoms with E-state index in [9.17, 15) is 10.1 Å². The van der Waals surface area contributed by atoms with E-state index < -0.39 is 4.92 Å². The molecule has 0 aliphatic carbocycles. The Morgan fingerprint density at radius 3 is 2.95 bits per heavy atom. The van der Waals surface area contributed by atoms with E-state index in [2.05, 4.69) is 15.5 Å². The van der Waals surface area contributed by atoms with Crippen molar-refractivity contribution < 1.29 is 13.9 Å². The molecule has 114 valence electrons. The second-order valence-electron chi connectivity index (χ2n) is 5.00. The van der Waals surface area contributed by atoms with Crippen molar-refractivity contribution in [3.63, 3.8) is 0 Å². The maximum atomic E-state index is 10.8. The van der Waals surface area contributed by atoms with E-state index in [1.165, 1.54) is 12.1 Å². The molecule has 0 aliphatic rings. The van der Waals surface area contributed by atoms with Gasteiger partial charge >= 0.3 is 0 Å². The minimum absolute atomic E-state index is 0.00825. The molecular weight excluding hydrogens is 288 g/mol. The summed E-state index contributed by atoms with van der Waals surface area (Å²) in [4.78, 5) is 14.6. The summed E-state index contributed by atoms with van der Waals surface area (Å²) in [5, 5.41) is 18.4. The summed E-state index contributed by atoms with van der Waals surface area (Å²) in [6, 6.07) is 6.27. The SMILES string of the molecule is CNC(C)Cc1noc(-c2cc3cc([N+](=O)[O-])ccc3o2)n1. The van der Waals surface area contributed by atoms with E-state index in [1.807, 2.05) is 14.0 Å². The van der Waals surface area contributed by atoms with Crippen molar-refractivity contribution >= 4 is 16.7 Å². The third-order valence-electron chi connectivity index (χ3n) is 3.37. The van der Waals surface area contributed by atoms with Crippen molar-refractivity contribution in [2.24, 2.45) is 0 Å². The normalized spacial score (nSPS) is 12.6. The molecule has 0 saturated heterocycles. The van der Waals surface area contributed by atoms with Crippen molar-refractivity contribution in [1.82, 2.24) is 15.5 Å². The van der Waals surface area contributed by atoms with Gasteiger partial charge in [0.1, 0.15) is 5.58 Å². The van der Waals surface area contributed by atoms with Gasteiger partial charge in [-0.25, -0.2) is 0 Å². The van der Waals surface area contributed by atoms with E-state index >= 15 is 0 Å². The fourth-order valence-corrected chi connectivity index (χ4v) is 2.06. The monoisotopic (exact) mass is 302 g/mol. The molecule has 0 amide bonds. The molecule has 8 heteroatoms. The lowest BCUT2D eigenvalue weighted by Gasteiger charge is -2.04. The quantitative estimate of drug-likeness (QED) is 0.570. The van der Waals surface area contributed by atoms with Crippen molar-refractivity contribution in [3.8, 4) is 11.7 Å². The van der Waals surface area contributed by atoms with Crippen LogP contribution in [0.2, 0.25) is 0 Å². The highest BCUT2D eigenvalue weighted by Gasteiger charge is 2.16. The van der Waals surface area contributed by atoms with Crippen LogP contribution in [-0.2, 0) is 6.42 Å². The van der Waals surface area contributed by atoms with Crippen molar-refractivity contribution in [3.05, 3.63) is 40.2 Å². The minimum Gasteiger partial charge on any atom is -0.451 e. The van der Waals surface area contributed by atoms with Crippen LogP contribution in [0.25, 0.3) is 22.6 Å². The highest BCUT2D eigenvalue weighted by atomic mass is 16.6. The van der Waals surface area contributed by atoms with Crippen LogP contribution in [0.4, 0.5) is 5.69 Å². The van der Waals surface area contributed by atoms with Gasteiger partial charge in [0.05, 0.1) is 4.92 Å². The van der Waals surface area contributed by atoms with E-state index in [0.29, 0.717) is 29.0 Å². The Balaban J connectivity index is 1.91. The van der Waals surface area contributed by atoms with Crippen molar-refractivity contribution in [2.45, 2.75) is 19.4 Å². The maximum Gasteiger partial charge on any atom is 0.293 e. The Morgan fingerprint density at radius 2 is 2.23 bits per heavy atom. The molecule has 2 aromatic heterocycles. The third-order valence-corrected chi connectivity index (χ3v) is 3.37. The molecule has 3 aromatic rings. The van der Waals surface area contributed by atoms with Crippen LogP contribution in [-0.4, -0.2) is 28.2 Å². The zero-order valence-corrected chi connectivity index (χ0v) is 12.1. The number of hydrogen-bond donors (Lipinski definition) is 1. The molecule has 0 bridgehead atoms. The molecule has 1 N–H and O–H groups in total. The second kappa shape index (κ2) is 5.57.